The number of thiophene rings is 1. The van der Waals surface area contributed by atoms with Crippen LogP contribution in [0.25, 0.3) is 10.2 Å². The van der Waals surface area contributed by atoms with Gasteiger partial charge >= 0.3 is 0 Å². The van der Waals surface area contributed by atoms with Gasteiger partial charge in [-0.15, -0.1) is 11.3 Å². The lowest BCUT2D eigenvalue weighted by atomic mass is 10.3. The van der Waals surface area contributed by atoms with Gasteiger partial charge in [0, 0.05) is 25.3 Å². The Morgan fingerprint density at radius 3 is 3.11 bits per heavy atom. The van der Waals surface area contributed by atoms with Crippen LogP contribution in [-0.4, -0.2) is 34.9 Å². The molecule has 1 amide bonds. The summed E-state index contributed by atoms with van der Waals surface area (Å²) in [6.07, 6.45) is 2.52. The second-order valence-electron chi connectivity index (χ2n) is 4.42. The number of nitrogens with two attached hydrogens (primary N) is 1. The lowest BCUT2D eigenvalue weighted by molar-refractivity contribution is 0.0795. The van der Waals surface area contributed by atoms with E-state index in [-0.39, 0.29) is 11.9 Å². The zero-order chi connectivity index (χ0) is 12.7. The number of hydrogen-bond donors (Lipinski definition) is 1. The van der Waals surface area contributed by atoms with Crippen molar-refractivity contribution >= 4 is 39.1 Å². The molecule has 6 heteroatoms. The molecule has 3 heterocycles. The van der Waals surface area contributed by atoms with Gasteiger partial charge in [-0.2, -0.15) is 0 Å². The number of nitrogens with zero attached hydrogens (tertiary/aromatic N) is 2. The highest BCUT2D eigenvalue weighted by Crippen LogP contribution is 2.31. The number of amides is 1. The number of carbonyl (C=O) groups is 1. The Labute approximate surface area is 113 Å². The van der Waals surface area contributed by atoms with Gasteiger partial charge in [0.25, 0.3) is 5.91 Å². The molecule has 1 aliphatic rings. The minimum absolute atomic E-state index is 0.0296. The highest BCUT2D eigenvalue weighted by Gasteiger charge is 2.26. The molecule has 0 aromatic carbocycles. The molecule has 4 nitrogen and oxygen atoms in total. The Bertz CT molecular complexity index is 612. The van der Waals surface area contributed by atoms with Crippen molar-refractivity contribution in [3.63, 3.8) is 0 Å². The average molecular weight is 282 g/mol. The third-order valence-corrected chi connectivity index (χ3v) is 4.66. The van der Waals surface area contributed by atoms with Crippen molar-refractivity contribution in [3.05, 3.63) is 28.2 Å². The smallest absolute Gasteiger partial charge is 0.264 e. The Kier molecular flexibility index (Phi) is 2.97. The number of pyridine rings is 1. The van der Waals surface area contributed by atoms with Crippen LogP contribution in [0.15, 0.2) is 18.3 Å². The molecule has 0 spiro atoms. The molecule has 0 saturated carbocycles. The largest absolute Gasteiger partial charge is 0.336 e. The lowest BCUT2D eigenvalue weighted by Crippen LogP contribution is -2.31. The van der Waals surface area contributed by atoms with Crippen LogP contribution < -0.4 is 5.73 Å². The third kappa shape index (κ3) is 1.98. The van der Waals surface area contributed by atoms with Crippen molar-refractivity contribution in [1.82, 2.24) is 9.88 Å². The van der Waals surface area contributed by atoms with Crippen LogP contribution in [0.4, 0.5) is 0 Å². The molecule has 2 aromatic heterocycles. The van der Waals surface area contributed by atoms with Gasteiger partial charge in [-0.25, -0.2) is 0 Å². The van der Waals surface area contributed by atoms with Crippen LogP contribution in [0.3, 0.4) is 0 Å². The highest BCUT2D eigenvalue weighted by atomic mass is 35.5. The maximum Gasteiger partial charge on any atom is 0.264 e. The molecule has 0 bridgehead atoms. The highest BCUT2D eigenvalue weighted by molar-refractivity contribution is 7.21. The number of carbonyl (C=O) groups excluding carboxylic acids is 1. The summed E-state index contributed by atoms with van der Waals surface area (Å²) in [5.74, 6) is 0.0296. The monoisotopic (exact) mass is 281 g/mol. The summed E-state index contributed by atoms with van der Waals surface area (Å²) < 4.78 is 0.867. The van der Waals surface area contributed by atoms with Crippen LogP contribution in [0, 0.1) is 0 Å². The van der Waals surface area contributed by atoms with E-state index in [0.717, 1.165) is 23.2 Å². The summed E-state index contributed by atoms with van der Waals surface area (Å²) in [6.45, 7) is 1.36. The third-order valence-electron chi connectivity index (χ3n) is 3.09. The number of rotatable bonds is 1. The Morgan fingerprint density at radius 2 is 2.44 bits per heavy atom. The summed E-state index contributed by atoms with van der Waals surface area (Å²) in [4.78, 5) is 19.0. The van der Waals surface area contributed by atoms with E-state index in [1.54, 1.807) is 23.2 Å². The first-order valence-corrected chi connectivity index (χ1v) is 6.93. The summed E-state index contributed by atoms with van der Waals surface area (Å²) in [5, 5.41) is 0.641. The van der Waals surface area contributed by atoms with Gasteiger partial charge in [-0.3, -0.25) is 9.78 Å². The molecule has 1 unspecified atom stereocenters. The normalized spacial score (nSPS) is 19.7. The van der Waals surface area contributed by atoms with Crippen molar-refractivity contribution in [2.75, 3.05) is 13.1 Å². The number of likely N-dealkylation sites (tertiary alicyclic amines) is 1. The molecule has 1 atom stereocenters. The number of fused-ring (bicyclic) bond motifs is 1. The summed E-state index contributed by atoms with van der Waals surface area (Å²) in [5.41, 5.74) is 6.59. The lowest BCUT2D eigenvalue weighted by Gasteiger charge is -2.13. The summed E-state index contributed by atoms with van der Waals surface area (Å²) >= 11 is 7.48. The number of halogens is 1. The molecule has 0 radical (unpaired) electrons. The Balaban J connectivity index is 1.95. The van der Waals surface area contributed by atoms with Gasteiger partial charge in [-0.1, -0.05) is 11.6 Å². The van der Waals surface area contributed by atoms with Crippen LogP contribution in [0.2, 0.25) is 5.02 Å². The van der Waals surface area contributed by atoms with Gasteiger partial charge in [0.05, 0.1) is 20.1 Å². The maximum atomic E-state index is 12.3. The Morgan fingerprint density at radius 1 is 1.61 bits per heavy atom. The van der Waals surface area contributed by atoms with Gasteiger partial charge < -0.3 is 10.6 Å². The van der Waals surface area contributed by atoms with Crippen molar-refractivity contribution in [3.8, 4) is 0 Å². The predicted octanol–water partition coefficient (Wildman–Crippen LogP) is 2.12. The number of hydrogen-bond acceptors (Lipinski definition) is 4. The first-order valence-electron chi connectivity index (χ1n) is 5.74. The minimum Gasteiger partial charge on any atom is -0.336 e. The zero-order valence-electron chi connectivity index (χ0n) is 9.60. The molecule has 0 aliphatic carbocycles. The van der Waals surface area contributed by atoms with Crippen molar-refractivity contribution in [2.45, 2.75) is 12.5 Å². The molecule has 3 rings (SSSR count). The van der Waals surface area contributed by atoms with Crippen LogP contribution in [-0.2, 0) is 0 Å². The fourth-order valence-corrected chi connectivity index (χ4v) is 3.40. The van der Waals surface area contributed by atoms with Gasteiger partial charge in [0.1, 0.15) is 0 Å². The Hall–Kier alpha value is -1.17. The van der Waals surface area contributed by atoms with Gasteiger partial charge in [-0.05, 0) is 18.6 Å². The minimum atomic E-state index is 0.0296. The predicted molar refractivity (Wildman–Crippen MR) is 73.1 cm³/mol. The molecule has 1 aliphatic heterocycles. The zero-order valence-corrected chi connectivity index (χ0v) is 11.2. The second kappa shape index (κ2) is 4.50. The van der Waals surface area contributed by atoms with E-state index in [9.17, 15) is 4.79 Å². The van der Waals surface area contributed by atoms with Crippen molar-refractivity contribution in [2.24, 2.45) is 5.73 Å². The molecule has 2 N–H and O–H groups in total. The maximum absolute atomic E-state index is 12.3. The SMILES string of the molecule is NC1CCN(C(=O)c2cc3nccc(Cl)c3s2)C1. The van der Waals surface area contributed by atoms with E-state index in [1.807, 2.05) is 0 Å². The topological polar surface area (TPSA) is 59.2 Å². The van der Waals surface area contributed by atoms with Crippen LogP contribution in [0.1, 0.15) is 16.1 Å². The van der Waals surface area contributed by atoms with E-state index in [0.29, 0.717) is 16.4 Å². The molecule has 1 fully saturated rings. The summed E-state index contributed by atoms with van der Waals surface area (Å²) in [7, 11) is 0. The first-order chi connectivity index (χ1) is 8.65. The standard InChI is InChI=1S/C12H12ClN3OS/c13-8-1-3-15-9-5-10(18-11(8)9)12(17)16-4-2-7(14)6-16/h1,3,5,7H,2,4,6,14H2. The second-order valence-corrected chi connectivity index (χ2v) is 5.88. The fraction of sp³-hybridized carbons (Fsp3) is 0.333. The summed E-state index contributed by atoms with van der Waals surface area (Å²) in [6, 6.07) is 3.64. The fourth-order valence-electron chi connectivity index (χ4n) is 2.14. The molecular formula is C12H12ClN3OS. The first kappa shape index (κ1) is 11.9. The average Bonchev–Trinajstić information content (AvgIpc) is 2.95. The van der Waals surface area contributed by atoms with E-state index < -0.39 is 0 Å². The van der Waals surface area contributed by atoms with Gasteiger partial charge in [0.2, 0.25) is 0 Å². The van der Waals surface area contributed by atoms with Gasteiger partial charge in [0.15, 0.2) is 0 Å². The molecule has 1 saturated heterocycles. The van der Waals surface area contributed by atoms with E-state index in [1.165, 1.54) is 11.3 Å². The molecule has 18 heavy (non-hydrogen) atoms. The molecule has 2 aromatic rings. The molecular weight excluding hydrogens is 270 g/mol. The quantitative estimate of drug-likeness (QED) is 0.871. The molecule has 94 valence electrons. The van der Waals surface area contributed by atoms with Crippen LogP contribution in [0.5, 0.6) is 0 Å². The van der Waals surface area contributed by atoms with Crippen LogP contribution >= 0.6 is 22.9 Å². The number of aromatic nitrogens is 1. The van der Waals surface area contributed by atoms with Crippen molar-refractivity contribution in [1.29, 1.82) is 0 Å². The van der Waals surface area contributed by atoms with E-state index in [2.05, 4.69) is 4.98 Å². The van der Waals surface area contributed by atoms with E-state index >= 15 is 0 Å². The van der Waals surface area contributed by atoms with E-state index in [4.69, 9.17) is 17.3 Å². The van der Waals surface area contributed by atoms with Crippen molar-refractivity contribution < 1.29 is 4.79 Å².